The lowest BCUT2D eigenvalue weighted by molar-refractivity contribution is 0.187. The molecule has 34 heavy (non-hydrogen) atoms. The zero-order valence-corrected chi connectivity index (χ0v) is 18.7. The fraction of sp³-hybridized carbons (Fsp3) is 0.200. The zero-order valence-electron chi connectivity index (χ0n) is 18.7. The Balaban J connectivity index is 1.22. The first-order chi connectivity index (χ1) is 16.7. The third-order valence-corrected chi connectivity index (χ3v) is 5.70. The highest BCUT2D eigenvalue weighted by atomic mass is 16.5. The van der Waals surface area contributed by atoms with Crippen LogP contribution in [0.4, 0.5) is 16.3 Å². The second-order valence-corrected chi connectivity index (χ2v) is 7.89. The van der Waals surface area contributed by atoms with E-state index in [4.69, 9.17) is 4.74 Å². The maximum atomic E-state index is 11.6. The number of rotatable bonds is 6. The molecule has 0 spiro atoms. The molecule has 0 saturated carbocycles. The maximum Gasteiger partial charge on any atom is 0.412 e. The average Bonchev–Trinajstić information content (AvgIpc) is 3.35. The summed E-state index contributed by atoms with van der Waals surface area (Å²) in [5, 5.41) is 7.84. The Hall–Kier alpha value is -4.40. The number of nitrogens with zero attached hydrogens (tertiary/aromatic N) is 4. The number of carbonyl (C=O) groups excluding carboxylic acids is 1. The van der Waals surface area contributed by atoms with Gasteiger partial charge in [0.2, 0.25) is 5.88 Å². The summed E-state index contributed by atoms with van der Waals surface area (Å²) in [7, 11) is 1.32. The number of methoxy groups -OCH3 is 1. The molecule has 5 rings (SSSR count). The van der Waals surface area contributed by atoms with E-state index in [9.17, 15) is 4.79 Å². The van der Waals surface area contributed by atoms with Crippen LogP contribution in [-0.2, 0) is 24.2 Å². The van der Waals surface area contributed by atoms with Gasteiger partial charge >= 0.3 is 6.09 Å². The first kappa shape index (κ1) is 21.4. The molecule has 172 valence electrons. The summed E-state index contributed by atoms with van der Waals surface area (Å²) in [5.41, 5.74) is 3.14. The number of hydrogen-bond donors (Lipinski definition) is 2. The minimum atomic E-state index is -0.558. The van der Waals surface area contributed by atoms with Crippen molar-refractivity contribution < 1.29 is 14.3 Å². The highest BCUT2D eigenvalue weighted by Gasteiger charge is 2.13. The molecule has 0 radical (unpaired) electrons. The molecule has 1 aromatic carbocycles. The molecule has 0 saturated heterocycles. The molecule has 0 aliphatic carbocycles. The lowest BCUT2D eigenvalue weighted by atomic mass is 10.1. The number of ether oxygens (including phenoxy) is 2. The smallest absolute Gasteiger partial charge is 0.412 e. The maximum absolute atomic E-state index is 11.6. The van der Waals surface area contributed by atoms with Crippen molar-refractivity contribution in [3.63, 3.8) is 0 Å². The summed E-state index contributed by atoms with van der Waals surface area (Å²) >= 11 is 0. The van der Waals surface area contributed by atoms with E-state index < -0.39 is 6.09 Å². The van der Waals surface area contributed by atoms with Crippen molar-refractivity contribution in [1.29, 1.82) is 0 Å². The molecule has 1 aliphatic rings. The van der Waals surface area contributed by atoms with Crippen molar-refractivity contribution in [1.82, 2.24) is 19.5 Å². The molecule has 4 aromatic rings. The predicted octanol–water partition coefficient (Wildman–Crippen LogP) is 4.53. The fourth-order valence-corrected chi connectivity index (χ4v) is 3.90. The van der Waals surface area contributed by atoms with Crippen molar-refractivity contribution >= 4 is 28.4 Å². The summed E-state index contributed by atoms with van der Waals surface area (Å²) in [6.45, 7) is 1.51. The van der Waals surface area contributed by atoms with Gasteiger partial charge in [0.1, 0.15) is 11.6 Å². The van der Waals surface area contributed by atoms with Crippen molar-refractivity contribution in [3.8, 4) is 5.88 Å². The normalized spacial score (nSPS) is 14.0. The van der Waals surface area contributed by atoms with Gasteiger partial charge in [-0.15, -0.1) is 0 Å². The molecule has 9 nitrogen and oxygen atoms in total. The van der Waals surface area contributed by atoms with Gasteiger partial charge in [-0.05, 0) is 29.7 Å². The highest BCUT2D eigenvalue weighted by molar-refractivity contribution is 6.03. The quantitative estimate of drug-likeness (QED) is 0.411. The number of allylic oxidation sites excluding steroid dienone is 1. The van der Waals surface area contributed by atoms with Crippen molar-refractivity contribution in [2.45, 2.75) is 25.9 Å². The zero-order chi connectivity index (χ0) is 23.3. The third kappa shape index (κ3) is 4.68. The number of fused-ring (bicyclic) bond motifs is 2. The Morgan fingerprint density at radius 3 is 2.91 bits per heavy atom. The summed E-state index contributed by atoms with van der Waals surface area (Å²) in [6, 6.07) is 11.6. The molecule has 1 amide bonds. The second-order valence-electron chi connectivity index (χ2n) is 7.89. The van der Waals surface area contributed by atoms with Gasteiger partial charge in [-0.25, -0.2) is 19.7 Å². The summed E-state index contributed by atoms with van der Waals surface area (Å²) in [4.78, 5) is 24.7. The van der Waals surface area contributed by atoms with E-state index in [-0.39, 0.29) is 0 Å². The predicted molar refractivity (Wildman–Crippen MR) is 129 cm³/mol. The largest absolute Gasteiger partial charge is 0.453 e. The van der Waals surface area contributed by atoms with Crippen LogP contribution in [0.15, 0.2) is 73.0 Å². The van der Waals surface area contributed by atoms with E-state index in [0.717, 1.165) is 47.2 Å². The number of aryl methyl sites for hydroxylation is 1. The molecule has 0 atom stereocenters. The third-order valence-electron chi connectivity index (χ3n) is 5.70. The van der Waals surface area contributed by atoms with Crippen molar-refractivity contribution in [2.24, 2.45) is 0 Å². The Kier molecular flexibility index (Phi) is 6.07. The number of benzene rings is 1. The van der Waals surface area contributed by atoms with Crippen LogP contribution in [0.2, 0.25) is 0 Å². The summed E-state index contributed by atoms with van der Waals surface area (Å²) < 4.78 is 12.6. The topological polar surface area (TPSA) is 103 Å². The molecule has 0 unspecified atom stereocenters. The van der Waals surface area contributed by atoms with Crippen LogP contribution in [0, 0.1) is 0 Å². The SMILES string of the molecule is COC(=O)Nc1nccc2c(NCc3ccc(O/C=C4/CCn5ccnc5C4)nc3)cccc12. The Labute approximate surface area is 196 Å². The molecule has 4 heterocycles. The van der Waals surface area contributed by atoms with Crippen LogP contribution in [0.5, 0.6) is 5.88 Å². The van der Waals surface area contributed by atoms with Gasteiger partial charge in [-0.1, -0.05) is 18.2 Å². The van der Waals surface area contributed by atoms with Crippen molar-refractivity contribution in [3.05, 3.63) is 84.4 Å². The van der Waals surface area contributed by atoms with E-state index in [0.29, 0.717) is 18.2 Å². The minimum absolute atomic E-state index is 0.451. The van der Waals surface area contributed by atoms with Crippen LogP contribution >= 0.6 is 0 Å². The average molecular weight is 457 g/mol. The first-order valence-corrected chi connectivity index (χ1v) is 11.0. The van der Waals surface area contributed by atoms with Gasteiger partial charge in [0, 0.05) is 66.8 Å². The van der Waals surface area contributed by atoms with E-state index >= 15 is 0 Å². The number of aromatic nitrogens is 4. The first-order valence-electron chi connectivity index (χ1n) is 11.0. The number of amides is 1. The van der Waals surface area contributed by atoms with Crippen molar-refractivity contribution in [2.75, 3.05) is 17.7 Å². The summed E-state index contributed by atoms with van der Waals surface area (Å²) in [6.07, 6.45) is 10.3. The number of anilines is 2. The van der Waals surface area contributed by atoms with Gasteiger partial charge < -0.3 is 19.4 Å². The number of pyridine rings is 2. The number of nitrogens with one attached hydrogen (secondary N) is 2. The standard InChI is InChI=1S/C25H24N6O3/c1-33-25(32)30-24-20-3-2-4-21(19(20)7-9-27-24)28-14-18-5-6-23(29-15-18)34-16-17-8-11-31-12-10-26-22(31)13-17/h2-7,9-10,12,15-16,28H,8,11,13-14H2,1H3,(H,27,30,32)/b17-16-. The van der Waals surface area contributed by atoms with E-state index in [1.165, 1.54) is 12.7 Å². The Morgan fingerprint density at radius 2 is 2.06 bits per heavy atom. The molecule has 0 fully saturated rings. The van der Waals surface area contributed by atoms with Crippen LogP contribution in [0.25, 0.3) is 10.8 Å². The molecule has 2 N–H and O–H groups in total. The van der Waals surface area contributed by atoms with E-state index in [1.54, 1.807) is 18.7 Å². The number of carbonyl (C=O) groups is 1. The molecule has 9 heteroatoms. The Morgan fingerprint density at radius 1 is 1.12 bits per heavy atom. The van der Waals surface area contributed by atoms with Crippen LogP contribution in [0.3, 0.4) is 0 Å². The molecular formula is C25H24N6O3. The number of imidazole rings is 1. The van der Waals surface area contributed by atoms with Gasteiger partial charge in [-0.2, -0.15) is 0 Å². The second kappa shape index (κ2) is 9.62. The van der Waals surface area contributed by atoms with Crippen LogP contribution < -0.4 is 15.4 Å². The molecule has 3 aromatic heterocycles. The van der Waals surface area contributed by atoms with Gasteiger partial charge in [0.15, 0.2) is 0 Å². The minimum Gasteiger partial charge on any atom is -0.453 e. The monoisotopic (exact) mass is 456 g/mol. The lowest BCUT2D eigenvalue weighted by Crippen LogP contribution is -2.12. The number of hydrogen-bond acceptors (Lipinski definition) is 7. The van der Waals surface area contributed by atoms with E-state index in [1.807, 2.05) is 48.8 Å². The molecular weight excluding hydrogens is 432 g/mol. The summed E-state index contributed by atoms with van der Waals surface area (Å²) in [5.74, 6) is 2.07. The highest BCUT2D eigenvalue weighted by Crippen LogP contribution is 2.28. The van der Waals surface area contributed by atoms with E-state index in [2.05, 4.69) is 34.9 Å². The molecule has 1 aliphatic heterocycles. The Bertz CT molecular complexity index is 1350. The van der Waals surface area contributed by atoms with Crippen LogP contribution in [-0.4, -0.2) is 32.7 Å². The van der Waals surface area contributed by atoms with Gasteiger partial charge in [0.05, 0.1) is 13.4 Å². The molecule has 0 bridgehead atoms. The van der Waals surface area contributed by atoms with Crippen LogP contribution in [0.1, 0.15) is 17.8 Å². The lowest BCUT2D eigenvalue weighted by Gasteiger charge is -2.16. The fourth-order valence-electron chi connectivity index (χ4n) is 3.90. The van der Waals surface area contributed by atoms with Gasteiger partial charge in [0.25, 0.3) is 0 Å². The van der Waals surface area contributed by atoms with Gasteiger partial charge in [-0.3, -0.25) is 5.32 Å².